The van der Waals surface area contributed by atoms with E-state index in [9.17, 15) is 24.6 Å². The number of rotatable bonds is 4. The number of hydrogen-bond donors (Lipinski definition) is 3. The third-order valence-electron chi connectivity index (χ3n) is 6.90. The molecular weight excluding hydrogens is 420 g/mol. The van der Waals surface area contributed by atoms with Crippen LogP contribution in [0.1, 0.15) is 49.1 Å². The Hall–Kier alpha value is -3.19. The number of benzene rings is 2. The maximum atomic E-state index is 13.7. The van der Waals surface area contributed by atoms with Crippen molar-refractivity contribution < 1.29 is 24.6 Å². The van der Waals surface area contributed by atoms with Crippen LogP contribution in [0.3, 0.4) is 0 Å². The topological polar surface area (TPSA) is 107 Å². The van der Waals surface area contributed by atoms with Crippen molar-refractivity contribution in [3.8, 4) is 5.75 Å². The number of phenolic OH excluding ortho intramolecular Hbond substituents is 1. The average Bonchev–Trinajstić information content (AvgIpc) is 3.21. The average molecular weight is 451 g/mol. The fraction of sp³-hybridized carbons (Fsp3) is 0.423. The second-order valence-corrected chi connectivity index (χ2v) is 10.3. The van der Waals surface area contributed by atoms with Crippen LogP contribution in [0.4, 0.5) is 0 Å². The highest BCUT2D eigenvalue weighted by Gasteiger charge is 2.69. The first-order valence-corrected chi connectivity index (χ1v) is 11.1. The molecule has 0 saturated carbocycles. The first-order chi connectivity index (χ1) is 15.4. The van der Waals surface area contributed by atoms with Crippen LogP contribution >= 0.6 is 0 Å². The molecule has 3 N–H and O–H groups in total. The summed E-state index contributed by atoms with van der Waals surface area (Å²) in [6.45, 7) is 8.86. The Balaban J connectivity index is 1.91. The Morgan fingerprint density at radius 3 is 2.15 bits per heavy atom. The van der Waals surface area contributed by atoms with Crippen LogP contribution in [0.15, 0.2) is 42.5 Å². The summed E-state index contributed by atoms with van der Waals surface area (Å²) in [5.41, 5.74) is 0.279. The van der Waals surface area contributed by atoms with Crippen molar-refractivity contribution in [2.45, 2.75) is 58.2 Å². The number of carbonyl (C=O) groups excluding carboxylic acids is 2. The van der Waals surface area contributed by atoms with Crippen molar-refractivity contribution in [2.75, 3.05) is 0 Å². The summed E-state index contributed by atoms with van der Waals surface area (Å²) in [5.74, 6) is -3.74. The molecule has 0 spiro atoms. The molecule has 33 heavy (non-hydrogen) atoms. The van der Waals surface area contributed by atoms with Gasteiger partial charge >= 0.3 is 5.97 Å². The molecule has 0 aliphatic carbocycles. The van der Waals surface area contributed by atoms with Gasteiger partial charge in [0.25, 0.3) is 0 Å². The van der Waals surface area contributed by atoms with Crippen LogP contribution in [0, 0.1) is 25.7 Å². The van der Waals surface area contributed by atoms with Crippen LogP contribution in [0.5, 0.6) is 5.75 Å². The maximum Gasteiger partial charge on any atom is 0.325 e. The zero-order valence-electron chi connectivity index (χ0n) is 19.5. The van der Waals surface area contributed by atoms with Gasteiger partial charge in [-0.2, -0.15) is 0 Å². The molecule has 2 saturated heterocycles. The predicted molar refractivity (Wildman–Crippen MR) is 123 cm³/mol. The summed E-state index contributed by atoms with van der Waals surface area (Å²) < 4.78 is 0. The molecule has 4 rings (SSSR count). The third kappa shape index (κ3) is 3.51. The van der Waals surface area contributed by atoms with E-state index in [2.05, 4.69) is 5.32 Å². The zero-order chi connectivity index (χ0) is 24.3. The van der Waals surface area contributed by atoms with Gasteiger partial charge in [-0.15, -0.1) is 0 Å². The molecule has 2 amide bonds. The van der Waals surface area contributed by atoms with Gasteiger partial charge in [0.05, 0.1) is 11.8 Å². The first kappa shape index (κ1) is 23.0. The lowest BCUT2D eigenvalue weighted by molar-refractivity contribution is -0.153. The fourth-order valence-electron chi connectivity index (χ4n) is 5.47. The van der Waals surface area contributed by atoms with Gasteiger partial charge in [-0.3, -0.25) is 24.6 Å². The highest BCUT2D eigenvalue weighted by Crippen LogP contribution is 2.51. The van der Waals surface area contributed by atoms with Crippen LogP contribution in [-0.4, -0.2) is 44.0 Å². The van der Waals surface area contributed by atoms with Crippen molar-refractivity contribution in [2.24, 2.45) is 11.8 Å². The summed E-state index contributed by atoms with van der Waals surface area (Å²) >= 11 is 0. The van der Waals surface area contributed by atoms with Gasteiger partial charge in [0.1, 0.15) is 11.3 Å². The Kier molecular flexibility index (Phi) is 5.36. The molecule has 0 aromatic heterocycles. The predicted octanol–water partition coefficient (Wildman–Crippen LogP) is 3.12. The number of aromatic hydroxyl groups is 1. The SMILES string of the molecule is Cc1cc(C2NC(Cc3ccccc3)(C(=O)O)C3C(=O)N(C(C)(C)C)C(=O)C23)cc(C)c1O. The van der Waals surface area contributed by atoms with Crippen molar-refractivity contribution in [3.63, 3.8) is 0 Å². The van der Waals surface area contributed by atoms with E-state index in [1.807, 2.05) is 30.3 Å². The first-order valence-electron chi connectivity index (χ1n) is 11.1. The molecular formula is C26H30N2O5. The number of nitrogens with one attached hydrogen (secondary N) is 1. The van der Waals surface area contributed by atoms with Crippen LogP contribution in [0.2, 0.25) is 0 Å². The molecule has 7 nitrogen and oxygen atoms in total. The minimum atomic E-state index is -1.65. The Morgan fingerprint density at radius 2 is 1.64 bits per heavy atom. The number of hydrogen-bond acceptors (Lipinski definition) is 5. The van der Waals surface area contributed by atoms with E-state index >= 15 is 0 Å². The van der Waals surface area contributed by atoms with E-state index in [-0.39, 0.29) is 18.1 Å². The van der Waals surface area contributed by atoms with Crippen molar-refractivity contribution in [1.82, 2.24) is 10.2 Å². The quantitative estimate of drug-likeness (QED) is 0.618. The Labute approximate surface area is 193 Å². The van der Waals surface area contributed by atoms with Crippen molar-refractivity contribution in [1.29, 1.82) is 0 Å². The van der Waals surface area contributed by atoms with Gasteiger partial charge < -0.3 is 10.2 Å². The molecule has 174 valence electrons. The summed E-state index contributed by atoms with van der Waals surface area (Å²) in [6.07, 6.45) is 0.0634. The number of carbonyl (C=O) groups is 3. The highest BCUT2D eigenvalue weighted by molar-refractivity contribution is 6.10. The van der Waals surface area contributed by atoms with Gasteiger partial charge in [-0.05, 0) is 56.9 Å². The Bertz CT molecular complexity index is 1110. The molecule has 4 atom stereocenters. The molecule has 4 unspecified atom stereocenters. The summed E-state index contributed by atoms with van der Waals surface area (Å²) in [7, 11) is 0. The molecule has 7 heteroatoms. The molecule has 0 radical (unpaired) electrons. The van der Waals surface area contributed by atoms with Gasteiger partial charge in [0.2, 0.25) is 11.8 Å². The van der Waals surface area contributed by atoms with E-state index in [1.165, 1.54) is 4.90 Å². The zero-order valence-corrected chi connectivity index (χ0v) is 19.5. The number of likely N-dealkylation sites (tertiary alicyclic amines) is 1. The van der Waals surface area contributed by atoms with Crippen LogP contribution in [0.25, 0.3) is 0 Å². The van der Waals surface area contributed by atoms with Crippen molar-refractivity contribution in [3.05, 3.63) is 64.7 Å². The molecule has 2 heterocycles. The molecule has 2 aliphatic heterocycles. The van der Waals surface area contributed by atoms with Gasteiger partial charge in [0.15, 0.2) is 0 Å². The lowest BCUT2D eigenvalue weighted by Crippen LogP contribution is -2.58. The highest BCUT2D eigenvalue weighted by atomic mass is 16.4. The maximum absolute atomic E-state index is 13.7. The minimum Gasteiger partial charge on any atom is -0.507 e. The van der Waals surface area contributed by atoms with Gasteiger partial charge in [0, 0.05) is 18.0 Å². The van der Waals surface area contributed by atoms with E-state index in [1.54, 1.807) is 46.8 Å². The monoisotopic (exact) mass is 450 g/mol. The summed E-state index contributed by atoms with van der Waals surface area (Å²) in [5, 5.41) is 24.0. The lowest BCUT2D eigenvalue weighted by Gasteiger charge is -2.35. The molecule has 2 aromatic rings. The van der Waals surface area contributed by atoms with Gasteiger partial charge in [-0.25, -0.2) is 0 Å². The van der Waals surface area contributed by atoms with Crippen molar-refractivity contribution >= 4 is 17.8 Å². The van der Waals surface area contributed by atoms with E-state index in [0.717, 1.165) is 5.56 Å². The molecule has 2 aliphatic rings. The van der Waals surface area contributed by atoms with E-state index in [4.69, 9.17) is 0 Å². The number of carboxylic acids is 1. The lowest BCUT2D eigenvalue weighted by atomic mass is 9.76. The number of phenols is 1. The van der Waals surface area contributed by atoms with Crippen LogP contribution in [-0.2, 0) is 20.8 Å². The largest absolute Gasteiger partial charge is 0.507 e. The normalized spacial score (nSPS) is 27.2. The third-order valence-corrected chi connectivity index (χ3v) is 6.90. The number of aliphatic carboxylic acids is 1. The minimum absolute atomic E-state index is 0.0634. The number of amides is 2. The number of nitrogens with zero attached hydrogens (tertiary/aromatic N) is 1. The fourth-order valence-corrected chi connectivity index (χ4v) is 5.47. The number of aryl methyl sites for hydroxylation is 2. The van der Waals surface area contributed by atoms with Crippen LogP contribution < -0.4 is 5.32 Å². The summed E-state index contributed by atoms with van der Waals surface area (Å²) in [4.78, 5) is 41.4. The number of imide groups is 1. The van der Waals surface area contributed by atoms with E-state index in [0.29, 0.717) is 16.7 Å². The molecule has 2 fully saturated rings. The molecule has 0 bridgehead atoms. The second kappa shape index (κ2) is 7.70. The van der Waals surface area contributed by atoms with E-state index < -0.39 is 40.8 Å². The Morgan fingerprint density at radius 1 is 1.06 bits per heavy atom. The number of carboxylic acid groups (broad SMARTS) is 1. The number of fused-ring (bicyclic) bond motifs is 1. The smallest absolute Gasteiger partial charge is 0.325 e. The second-order valence-electron chi connectivity index (χ2n) is 10.3. The standard InChI is InChI=1S/C26H30N2O5/c1-14-11-17(12-15(2)21(14)29)20-18-19(23(31)28(22(18)30)25(3,4)5)26(27-20,24(32)33)13-16-9-7-6-8-10-16/h6-12,18-20,27,29H,13H2,1-5H3,(H,32,33). The summed E-state index contributed by atoms with van der Waals surface area (Å²) in [6, 6.07) is 12.0. The molecule has 2 aromatic carbocycles. The van der Waals surface area contributed by atoms with Gasteiger partial charge in [-0.1, -0.05) is 42.5 Å².